The first-order chi connectivity index (χ1) is 13.2. The number of carbonyl (C=O) groups excluding carboxylic acids is 1. The van der Waals surface area contributed by atoms with Crippen molar-refractivity contribution in [3.05, 3.63) is 41.6 Å². The lowest BCUT2D eigenvalue weighted by molar-refractivity contribution is 0.0240. The zero-order valence-corrected chi connectivity index (χ0v) is 17.3. The Balaban J connectivity index is 1.65. The zero-order chi connectivity index (χ0) is 20.3. The molecule has 0 unspecified atom stereocenters. The lowest BCUT2D eigenvalue weighted by atomic mass is 10.2. The van der Waals surface area contributed by atoms with Crippen LogP contribution >= 0.6 is 0 Å². The first kappa shape index (κ1) is 19.9. The quantitative estimate of drug-likeness (QED) is 0.867. The van der Waals surface area contributed by atoms with Crippen LogP contribution in [0.4, 0.5) is 22.2 Å². The van der Waals surface area contributed by atoms with Crippen LogP contribution in [0.5, 0.6) is 0 Å². The van der Waals surface area contributed by atoms with Crippen molar-refractivity contribution in [1.82, 2.24) is 14.9 Å². The third-order valence-corrected chi connectivity index (χ3v) is 4.38. The van der Waals surface area contributed by atoms with Crippen molar-refractivity contribution in [2.75, 3.05) is 36.4 Å². The van der Waals surface area contributed by atoms with E-state index < -0.39 is 5.60 Å². The van der Waals surface area contributed by atoms with Crippen molar-refractivity contribution in [3.8, 4) is 0 Å². The van der Waals surface area contributed by atoms with Gasteiger partial charge in [-0.2, -0.15) is 4.98 Å². The molecule has 0 aliphatic carbocycles. The molecule has 1 aliphatic rings. The van der Waals surface area contributed by atoms with Gasteiger partial charge in [0.2, 0.25) is 5.95 Å². The Morgan fingerprint density at radius 3 is 2.29 bits per heavy atom. The number of ether oxygens (including phenoxy) is 1. The summed E-state index contributed by atoms with van der Waals surface area (Å²) >= 11 is 0. The summed E-state index contributed by atoms with van der Waals surface area (Å²) in [6.07, 6.45) is -0.265. The van der Waals surface area contributed by atoms with Gasteiger partial charge in [-0.15, -0.1) is 0 Å². The molecule has 1 amide bonds. The number of amides is 1. The fraction of sp³-hybridized carbons (Fsp3) is 0.476. The minimum Gasteiger partial charge on any atom is -0.444 e. The topological polar surface area (TPSA) is 70.6 Å². The van der Waals surface area contributed by atoms with Crippen LogP contribution in [-0.2, 0) is 4.74 Å². The van der Waals surface area contributed by atoms with Gasteiger partial charge in [0.1, 0.15) is 11.4 Å². The Kier molecular flexibility index (Phi) is 5.72. The van der Waals surface area contributed by atoms with E-state index in [1.807, 2.05) is 45.9 Å². The van der Waals surface area contributed by atoms with Crippen LogP contribution in [-0.4, -0.2) is 52.7 Å². The van der Waals surface area contributed by atoms with Gasteiger partial charge in [-0.1, -0.05) is 17.7 Å². The number of anilines is 3. The highest BCUT2D eigenvalue weighted by molar-refractivity contribution is 5.68. The van der Waals surface area contributed by atoms with Crippen LogP contribution in [0, 0.1) is 13.8 Å². The molecule has 150 valence electrons. The van der Waals surface area contributed by atoms with Crippen molar-refractivity contribution in [2.24, 2.45) is 0 Å². The lowest BCUT2D eigenvalue weighted by Crippen LogP contribution is -2.50. The molecule has 0 spiro atoms. The van der Waals surface area contributed by atoms with Crippen LogP contribution in [0.1, 0.15) is 32.0 Å². The van der Waals surface area contributed by atoms with E-state index in [0.717, 1.165) is 17.2 Å². The molecule has 1 aromatic heterocycles. The molecule has 1 fully saturated rings. The normalized spacial score (nSPS) is 14.8. The Morgan fingerprint density at radius 1 is 1.04 bits per heavy atom. The van der Waals surface area contributed by atoms with E-state index in [2.05, 4.69) is 39.2 Å². The summed E-state index contributed by atoms with van der Waals surface area (Å²) in [7, 11) is 0. The third-order valence-electron chi connectivity index (χ3n) is 4.38. The third kappa shape index (κ3) is 5.34. The number of rotatable bonds is 3. The van der Waals surface area contributed by atoms with Crippen LogP contribution < -0.4 is 10.2 Å². The maximum absolute atomic E-state index is 12.2. The number of benzene rings is 1. The fourth-order valence-corrected chi connectivity index (χ4v) is 2.96. The minimum absolute atomic E-state index is 0.265. The maximum atomic E-state index is 12.2. The number of aromatic nitrogens is 2. The molecule has 1 saturated heterocycles. The summed E-state index contributed by atoms with van der Waals surface area (Å²) in [5.74, 6) is 1.44. The molecule has 28 heavy (non-hydrogen) atoms. The van der Waals surface area contributed by atoms with E-state index in [1.54, 1.807) is 4.90 Å². The Bertz CT molecular complexity index is 822. The van der Waals surface area contributed by atoms with Gasteiger partial charge in [-0.05, 0) is 46.8 Å². The fourth-order valence-electron chi connectivity index (χ4n) is 2.96. The number of hydrogen-bond acceptors (Lipinski definition) is 6. The highest BCUT2D eigenvalue weighted by Gasteiger charge is 2.26. The summed E-state index contributed by atoms with van der Waals surface area (Å²) in [6, 6.07) is 10.1. The van der Waals surface area contributed by atoms with Gasteiger partial charge in [0.15, 0.2) is 0 Å². The minimum atomic E-state index is -0.482. The van der Waals surface area contributed by atoms with Crippen LogP contribution in [0.2, 0.25) is 0 Å². The van der Waals surface area contributed by atoms with Gasteiger partial charge in [0, 0.05) is 43.6 Å². The molecule has 7 heteroatoms. The predicted octanol–water partition coefficient (Wildman–Crippen LogP) is 3.89. The Morgan fingerprint density at radius 2 is 1.68 bits per heavy atom. The van der Waals surface area contributed by atoms with Crippen molar-refractivity contribution in [3.63, 3.8) is 0 Å². The molecule has 3 rings (SSSR count). The average molecular weight is 383 g/mol. The van der Waals surface area contributed by atoms with Crippen molar-refractivity contribution < 1.29 is 9.53 Å². The largest absolute Gasteiger partial charge is 0.444 e. The number of carbonyl (C=O) groups is 1. The molecule has 7 nitrogen and oxygen atoms in total. The predicted molar refractivity (Wildman–Crippen MR) is 111 cm³/mol. The SMILES string of the molecule is Cc1ccc(Nc2cc(C)nc(N3CCN(C(=O)OC(C)(C)C)CC3)n2)cc1. The number of piperazine rings is 1. The van der Waals surface area contributed by atoms with E-state index in [-0.39, 0.29) is 6.09 Å². The Hall–Kier alpha value is -2.83. The molecule has 1 N–H and O–H groups in total. The molecular weight excluding hydrogens is 354 g/mol. The van der Waals surface area contributed by atoms with Crippen LogP contribution in [0.15, 0.2) is 30.3 Å². The second-order valence-corrected chi connectivity index (χ2v) is 8.14. The van der Waals surface area contributed by atoms with Gasteiger partial charge in [0.25, 0.3) is 0 Å². The summed E-state index contributed by atoms with van der Waals surface area (Å²) in [5, 5.41) is 3.34. The highest BCUT2D eigenvalue weighted by atomic mass is 16.6. The van der Waals surface area contributed by atoms with Gasteiger partial charge >= 0.3 is 6.09 Å². The molecule has 0 atom stereocenters. The van der Waals surface area contributed by atoms with E-state index in [4.69, 9.17) is 4.74 Å². The number of hydrogen-bond donors (Lipinski definition) is 1. The average Bonchev–Trinajstić information content (AvgIpc) is 2.62. The van der Waals surface area contributed by atoms with Crippen LogP contribution in [0.3, 0.4) is 0 Å². The van der Waals surface area contributed by atoms with E-state index in [0.29, 0.717) is 32.1 Å². The van der Waals surface area contributed by atoms with Crippen LogP contribution in [0.25, 0.3) is 0 Å². The zero-order valence-electron chi connectivity index (χ0n) is 17.3. The van der Waals surface area contributed by atoms with E-state index in [1.165, 1.54) is 5.56 Å². The summed E-state index contributed by atoms with van der Waals surface area (Å²) in [5.41, 5.74) is 2.62. The smallest absolute Gasteiger partial charge is 0.410 e. The summed E-state index contributed by atoms with van der Waals surface area (Å²) < 4.78 is 5.46. The molecule has 1 aromatic carbocycles. The summed E-state index contributed by atoms with van der Waals surface area (Å²) in [4.78, 5) is 25.3. The molecule has 2 aromatic rings. The Labute approximate surface area is 166 Å². The molecular formula is C21H29N5O2. The summed E-state index contributed by atoms with van der Waals surface area (Å²) in [6.45, 7) is 12.2. The van der Waals surface area contributed by atoms with Gasteiger partial charge in [-0.25, -0.2) is 9.78 Å². The van der Waals surface area contributed by atoms with E-state index >= 15 is 0 Å². The molecule has 0 bridgehead atoms. The lowest BCUT2D eigenvalue weighted by Gasteiger charge is -2.35. The van der Waals surface area contributed by atoms with Crippen molar-refractivity contribution in [2.45, 2.75) is 40.2 Å². The van der Waals surface area contributed by atoms with Crippen molar-refractivity contribution >= 4 is 23.5 Å². The molecule has 2 heterocycles. The van der Waals surface area contributed by atoms with Gasteiger partial charge in [0.05, 0.1) is 0 Å². The monoisotopic (exact) mass is 383 g/mol. The first-order valence-electron chi connectivity index (χ1n) is 9.62. The first-order valence-corrected chi connectivity index (χ1v) is 9.62. The molecule has 0 radical (unpaired) electrons. The highest BCUT2D eigenvalue weighted by Crippen LogP contribution is 2.20. The van der Waals surface area contributed by atoms with Crippen molar-refractivity contribution in [1.29, 1.82) is 0 Å². The van der Waals surface area contributed by atoms with Gasteiger partial charge in [-0.3, -0.25) is 0 Å². The maximum Gasteiger partial charge on any atom is 0.410 e. The number of nitrogens with one attached hydrogen (secondary N) is 1. The molecule has 1 aliphatic heterocycles. The second-order valence-electron chi connectivity index (χ2n) is 8.14. The van der Waals surface area contributed by atoms with E-state index in [9.17, 15) is 4.79 Å². The second kappa shape index (κ2) is 8.04. The standard InChI is InChI=1S/C21H29N5O2/c1-15-6-8-17(9-7-15)23-18-14-16(2)22-19(24-18)25-10-12-26(13-11-25)20(27)28-21(3,4)5/h6-9,14H,10-13H2,1-5H3,(H,22,23,24). The number of aryl methyl sites for hydroxylation is 2. The molecule has 0 saturated carbocycles. The van der Waals surface area contributed by atoms with Gasteiger partial charge < -0.3 is 19.9 Å². The number of nitrogens with zero attached hydrogens (tertiary/aromatic N) is 4.